The van der Waals surface area contributed by atoms with Gasteiger partial charge in [0.15, 0.2) is 0 Å². The third kappa shape index (κ3) is 3.49. The molecule has 0 unspecified atom stereocenters. The van der Waals surface area contributed by atoms with E-state index in [0.717, 1.165) is 27.7 Å². The molecule has 0 saturated carbocycles. The third-order valence-corrected chi connectivity index (χ3v) is 4.82. The van der Waals surface area contributed by atoms with Gasteiger partial charge in [-0.05, 0) is 42.0 Å². The minimum atomic E-state index is -1.07. The van der Waals surface area contributed by atoms with Crippen LogP contribution in [0.5, 0.6) is 0 Å². The van der Waals surface area contributed by atoms with E-state index in [1.807, 2.05) is 18.2 Å². The number of rotatable bonds is 4. The molecule has 2 N–H and O–H groups in total. The number of aromatic nitrogens is 1. The maximum atomic E-state index is 11.7. The molecule has 0 spiro atoms. The predicted molar refractivity (Wildman–Crippen MR) is 107 cm³/mol. The number of fused-ring (bicyclic) bond motifs is 1. The summed E-state index contributed by atoms with van der Waals surface area (Å²) in [5, 5.41) is 14.5. The Balaban J connectivity index is 1.93. The zero-order chi connectivity index (χ0) is 19.0. The molecule has 0 radical (unpaired) electrons. The van der Waals surface area contributed by atoms with Gasteiger partial charge in [0.2, 0.25) is 0 Å². The third-order valence-electron chi connectivity index (χ3n) is 4.35. The van der Waals surface area contributed by atoms with E-state index in [9.17, 15) is 9.90 Å². The molecule has 0 amide bonds. The van der Waals surface area contributed by atoms with Crippen molar-refractivity contribution in [2.75, 3.05) is 18.5 Å². The molecule has 0 aliphatic carbocycles. The van der Waals surface area contributed by atoms with E-state index in [2.05, 4.69) is 10.3 Å². The van der Waals surface area contributed by atoms with Gasteiger partial charge in [-0.1, -0.05) is 29.3 Å². The number of anilines is 2. The van der Waals surface area contributed by atoms with Gasteiger partial charge >= 0.3 is 5.97 Å². The number of aromatic carboxylic acids is 1. The monoisotopic (exact) mass is 400 g/mol. The van der Waals surface area contributed by atoms with E-state index in [4.69, 9.17) is 27.9 Å². The van der Waals surface area contributed by atoms with Gasteiger partial charge in [0.1, 0.15) is 0 Å². The van der Waals surface area contributed by atoms with E-state index in [0.29, 0.717) is 28.9 Å². The van der Waals surface area contributed by atoms with Gasteiger partial charge in [-0.2, -0.15) is 0 Å². The van der Waals surface area contributed by atoms with Crippen molar-refractivity contribution in [3.63, 3.8) is 0 Å². The molecule has 136 valence electrons. The number of pyridine rings is 1. The molecule has 0 fully saturated rings. The molecular weight excluding hydrogens is 387 g/mol. The average Bonchev–Trinajstić information content (AvgIpc) is 3.17. The highest BCUT2D eigenvalue weighted by Crippen LogP contribution is 2.36. The number of halogens is 2. The number of nitrogens with one attached hydrogen (secondary N) is 1. The fraction of sp³-hybridized carbons (Fsp3) is 0.100. The Labute approximate surface area is 165 Å². The SMILES string of the molecule is O=C(O)c1cc(Cl)ccc1Nc1c(C2=CCOC2)cnc2ccc(Cl)cc12. The Morgan fingerprint density at radius 1 is 1.15 bits per heavy atom. The second kappa shape index (κ2) is 7.19. The number of benzene rings is 2. The van der Waals surface area contributed by atoms with Crippen LogP contribution in [0.4, 0.5) is 11.4 Å². The summed E-state index contributed by atoms with van der Waals surface area (Å²) in [5.41, 5.74) is 3.81. The van der Waals surface area contributed by atoms with Crippen LogP contribution < -0.4 is 5.32 Å². The molecule has 4 rings (SSSR count). The summed E-state index contributed by atoms with van der Waals surface area (Å²) in [6, 6.07) is 10.1. The molecule has 27 heavy (non-hydrogen) atoms. The van der Waals surface area contributed by atoms with E-state index in [1.165, 1.54) is 6.07 Å². The van der Waals surface area contributed by atoms with Crippen molar-refractivity contribution in [2.45, 2.75) is 0 Å². The molecule has 5 nitrogen and oxygen atoms in total. The summed E-state index contributed by atoms with van der Waals surface area (Å²) >= 11 is 12.2. The first-order valence-electron chi connectivity index (χ1n) is 8.18. The Hall–Kier alpha value is -2.60. The quantitative estimate of drug-likeness (QED) is 0.613. The summed E-state index contributed by atoms with van der Waals surface area (Å²) in [6.45, 7) is 0.999. The molecule has 1 aliphatic rings. The van der Waals surface area contributed by atoms with Crippen LogP contribution in [-0.2, 0) is 4.74 Å². The standard InChI is InChI=1S/C20H14Cl2N2O3/c21-12-1-3-17-14(7-12)19(16(9-23-17)11-5-6-27-10-11)24-18-4-2-13(22)8-15(18)20(25)26/h1-5,7-9H,6,10H2,(H,23,24)(H,25,26). The fourth-order valence-electron chi connectivity index (χ4n) is 3.06. The molecular formula is C20H14Cl2N2O3. The topological polar surface area (TPSA) is 71.5 Å². The lowest BCUT2D eigenvalue weighted by Gasteiger charge is -2.17. The summed E-state index contributed by atoms with van der Waals surface area (Å²) in [6.07, 6.45) is 3.74. The zero-order valence-electron chi connectivity index (χ0n) is 14.0. The Kier molecular flexibility index (Phi) is 4.74. The summed E-state index contributed by atoms with van der Waals surface area (Å²) in [5.74, 6) is -1.07. The molecule has 2 aromatic carbocycles. The van der Waals surface area contributed by atoms with E-state index >= 15 is 0 Å². The first kappa shape index (κ1) is 17.8. The number of carbonyl (C=O) groups is 1. The van der Waals surface area contributed by atoms with Crippen LogP contribution in [0.3, 0.4) is 0 Å². The second-order valence-electron chi connectivity index (χ2n) is 6.07. The molecule has 7 heteroatoms. The summed E-state index contributed by atoms with van der Waals surface area (Å²) in [7, 11) is 0. The number of carboxylic acids is 1. The molecule has 3 aromatic rings. The van der Waals surface area contributed by atoms with Gasteiger partial charge in [0.25, 0.3) is 0 Å². The van der Waals surface area contributed by atoms with Gasteiger partial charge in [-0.15, -0.1) is 0 Å². The van der Waals surface area contributed by atoms with Crippen LogP contribution in [0.2, 0.25) is 10.0 Å². The van der Waals surface area contributed by atoms with Gasteiger partial charge < -0.3 is 15.2 Å². The lowest BCUT2D eigenvalue weighted by atomic mass is 10.0. The van der Waals surface area contributed by atoms with Gasteiger partial charge in [-0.25, -0.2) is 4.79 Å². The van der Waals surface area contributed by atoms with Crippen molar-refractivity contribution in [1.29, 1.82) is 0 Å². The summed E-state index contributed by atoms with van der Waals surface area (Å²) in [4.78, 5) is 16.2. The van der Waals surface area contributed by atoms with E-state index in [-0.39, 0.29) is 5.56 Å². The van der Waals surface area contributed by atoms with E-state index in [1.54, 1.807) is 24.4 Å². The first-order valence-corrected chi connectivity index (χ1v) is 8.94. The number of nitrogens with zero attached hydrogens (tertiary/aromatic N) is 1. The van der Waals surface area contributed by atoms with Gasteiger partial charge in [-0.3, -0.25) is 4.98 Å². The maximum absolute atomic E-state index is 11.7. The molecule has 2 heterocycles. The molecule has 0 bridgehead atoms. The van der Waals surface area contributed by atoms with Crippen LogP contribution >= 0.6 is 23.2 Å². The molecule has 0 saturated heterocycles. The average molecular weight is 401 g/mol. The van der Waals surface area contributed by atoms with Gasteiger partial charge in [0.05, 0.1) is 35.7 Å². The minimum Gasteiger partial charge on any atom is -0.478 e. The predicted octanol–water partition coefficient (Wildman–Crippen LogP) is 5.40. The van der Waals surface area contributed by atoms with E-state index < -0.39 is 5.97 Å². The fourth-order valence-corrected chi connectivity index (χ4v) is 3.40. The van der Waals surface area contributed by atoms with Crippen molar-refractivity contribution in [3.8, 4) is 0 Å². The Morgan fingerprint density at radius 3 is 2.67 bits per heavy atom. The van der Waals surface area contributed by atoms with Crippen LogP contribution in [0.15, 0.2) is 48.7 Å². The number of hydrogen-bond donors (Lipinski definition) is 2. The molecule has 1 aliphatic heterocycles. The van der Waals surface area contributed by atoms with Crippen molar-refractivity contribution in [1.82, 2.24) is 4.98 Å². The van der Waals surface area contributed by atoms with Crippen molar-refractivity contribution < 1.29 is 14.6 Å². The number of ether oxygens (including phenoxy) is 1. The van der Waals surface area contributed by atoms with Crippen LogP contribution in [0.25, 0.3) is 16.5 Å². The smallest absolute Gasteiger partial charge is 0.337 e. The van der Waals surface area contributed by atoms with Crippen LogP contribution in [-0.4, -0.2) is 29.3 Å². The lowest BCUT2D eigenvalue weighted by molar-refractivity contribution is 0.0698. The first-order chi connectivity index (χ1) is 13.0. The van der Waals surface area contributed by atoms with Crippen molar-refractivity contribution in [2.24, 2.45) is 0 Å². The highest BCUT2D eigenvalue weighted by Gasteiger charge is 2.18. The number of hydrogen-bond acceptors (Lipinski definition) is 4. The number of carboxylic acid groups (broad SMARTS) is 1. The van der Waals surface area contributed by atoms with Gasteiger partial charge in [0, 0.05) is 27.2 Å². The second-order valence-corrected chi connectivity index (χ2v) is 6.95. The molecule has 0 atom stereocenters. The Bertz CT molecular complexity index is 1100. The van der Waals surface area contributed by atoms with Crippen LogP contribution in [0, 0.1) is 0 Å². The van der Waals surface area contributed by atoms with Crippen molar-refractivity contribution >= 4 is 57.0 Å². The van der Waals surface area contributed by atoms with Crippen molar-refractivity contribution in [3.05, 3.63) is 69.8 Å². The maximum Gasteiger partial charge on any atom is 0.337 e. The normalized spacial score (nSPS) is 13.6. The lowest BCUT2D eigenvalue weighted by Crippen LogP contribution is -2.05. The van der Waals surface area contributed by atoms with Crippen LogP contribution in [0.1, 0.15) is 15.9 Å². The Morgan fingerprint density at radius 2 is 1.93 bits per heavy atom. The highest BCUT2D eigenvalue weighted by molar-refractivity contribution is 6.31. The highest BCUT2D eigenvalue weighted by atomic mass is 35.5. The largest absolute Gasteiger partial charge is 0.478 e. The summed E-state index contributed by atoms with van der Waals surface area (Å²) < 4.78 is 5.44. The minimum absolute atomic E-state index is 0.0806. The molecule has 1 aromatic heterocycles. The zero-order valence-corrected chi connectivity index (χ0v) is 15.5.